The molecule has 6 nitrogen and oxygen atoms in total. The molecule has 0 aliphatic carbocycles. The quantitative estimate of drug-likeness (QED) is 0.464. The molecule has 0 saturated heterocycles. The van der Waals surface area contributed by atoms with Crippen LogP contribution in [0.3, 0.4) is 0 Å². The standard InChI is InChI=1S/C18H16N2O4S2/c1-12-9-13(25-11-19)7-8-15(12)20-17(21)10-24-18(22)14-5-3-4-6-16(14)26(2)23/h3-9H,10H2,1-2H3,(H,20,21)/t26-/m0/s1. The number of nitrogens with zero attached hydrogens (tertiary/aromatic N) is 1. The van der Waals surface area contributed by atoms with Gasteiger partial charge < -0.3 is 10.1 Å². The first-order valence-corrected chi connectivity index (χ1v) is 9.86. The first-order valence-electron chi connectivity index (χ1n) is 7.48. The van der Waals surface area contributed by atoms with E-state index in [1.54, 1.807) is 43.3 Å². The number of nitrogens with one attached hydrogen (secondary N) is 1. The third-order valence-electron chi connectivity index (χ3n) is 3.39. The average Bonchev–Trinajstić information content (AvgIpc) is 2.62. The van der Waals surface area contributed by atoms with Crippen molar-refractivity contribution in [2.75, 3.05) is 18.2 Å². The molecule has 1 atom stereocenters. The SMILES string of the molecule is Cc1cc(SC#N)ccc1NC(=O)COC(=O)c1ccccc1[S@](C)=O. The predicted octanol–water partition coefficient (Wildman–Crippen LogP) is 3.10. The van der Waals surface area contributed by atoms with Gasteiger partial charge in [0.1, 0.15) is 5.40 Å². The van der Waals surface area contributed by atoms with Gasteiger partial charge in [0, 0.05) is 16.8 Å². The summed E-state index contributed by atoms with van der Waals surface area (Å²) in [7, 11) is -1.34. The fourth-order valence-corrected chi connectivity index (χ4v) is 3.38. The van der Waals surface area contributed by atoms with Gasteiger partial charge >= 0.3 is 5.97 Å². The number of nitriles is 1. The first kappa shape index (κ1) is 19.7. The molecule has 0 fully saturated rings. The number of hydrogen-bond donors (Lipinski definition) is 1. The van der Waals surface area contributed by atoms with Gasteiger partial charge in [-0.2, -0.15) is 5.26 Å². The highest BCUT2D eigenvalue weighted by Gasteiger charge is 2.16. The number of thioether (sulfide) groups is 1. The molecule has 1 N–H and O–H groups in total. The van der Waals surface area contributed by atoms with Gasteiger partial charge in [-0.05, 0) is 54.6 Å². The lowest BCUT2D eigenvalue weighted by Crippen LogP contribution is -2.21. The summed E-state index contributed by atoms with van der Waals surface area (Å²) >= 11 is 1.03. The highest BCUT2D eigenvalue weighted by atomic mass is 32.2. The fourth-order valence-electron chi connectivity index (χ4n) is 2.17. The van der Waals surface area contributed by atoms with Gasteiger partial charge in [-0.25, -0.2) is 4.79 Å². The molecule has 0 radical (unpaired) electrons. The van der Waals surface area contributed by atoms with Gasteiger partial charge in [-0.1, -0.05) is 12.1 Å². The van der Waals surface area contributed by atoms with Crippen LogP contribution in [0.2, 0.25) is 0 Å². The van der Waals surface area contributed by atoms with Crippen molar-refractivity contribution in [2.45, 2.75) is 16.7 Å². The van der Waals surface area contributed by atoms with Crippen LogP contribution in [-0.2, 0) is 20.3 Å². The van der Waals surface area contributed by atoms with E-state index in [0.29, 0.717) is 10.6 Å². The summed E-state index contributed by atoms with van der Waals surface area (Å²) in [6, 6.07) is 11.6. The smallest absolute Gasteiger partial charge is 0.339 e. The van der Waals surface area contributed by atoms with E-state index < -0.39 is 29.3 Å². The van der Waals surface area contributed by atoms with E-state index >= 15 is 0 Å². The number of amides is 1. The summed E-state index contributed by atoms with van der Waals surface area (Å²) in [4.78, 5) is 25.3. The molecule has 0 aliphatic heterocycles. The minimum absolute atomic E-state index is 0.176. The number of esters is 1. The Balaban J connectivity index is 1.98. The second-order valence-electron chi connectivity index (χ2n) is 5.24. The van der Waals surface area contributed by atoms with Crippen LogP contribution in [0.1, 0.15) is 15.9 Å². The zero-order valence-corrected chi connectivity index (χ0v) is 15.8. The van der Waals surface area contributed by atoms with Crippen LogP contribution in [0.15, 0.2) is 52.3 Å². The van der Waals surface area contributed by atoms with Crippen molar-refractivity contribution in [3.8, 4) is 5.40 Å². The normalized spacial score (nSPS) is 11.3. The van der Waals surface area contributed by atoms with Gasteiger partial charge in [0.2, 0.25) is 0 Å². The molecule has 0 unspecified atom stereocenters. The van der Waals surface area contributed by atoms with E-state index in [9.17, 15) is 13.8 Å². The van der Waals surface area contributed by atoms with Crippen molar-refractivity contribution in [2.24, 2.45) is 0 Å². The lowest BCUT2D eigenvalue weighted by molar-refractivity contribution is -0.119. The molecule has 8 heteroatoms. The largest absolute Gasteiger partial charge is 0.452 e. The van der Waals surface area contributed by atoms with Crippen LogP contribution in [-0.4, -0.2) is 28.9 Å². The molecule has 0 aromatic heterocycles. The van der Waals surface area contributed by atoms with Crippen molar-refractivity contribution >= 4 is 40.1 Å². The number of aryl methyl sites for hydroxylation is 1. The Hall–Kier alpha value is -2.63. The third kappa shape index (κ3) is 5.18. The minimum atomic E-state index is -1.34. The summed E-state index contributed by atoms with van der Waals surface area (Å²) in [5, 5.41) is 13.3. The maximum absolute atomic E-state index is 12.1. The number of hydrogen-bond acceptors (Lipinski definition) is 6. The van der Waals surface area contributed by atoms with Gasteiger partial charge in [0.15, 0.2) is 6.61 Å². The molecule has 26 heavy (non-hydrogen) atoms. The van der Waals surface area contributed by atoms with Crippen LogP contribution >= 0.6 is 11.8 Å². The molecule has 0 aliphatic rings. The lowest BCUT2D eigenvalue weighted by atomic mass is 10.2. The zero-order chi connectivity index (χ0) is 19.1. The average molecular weight is 388 g/mol. The van der Waals surface area contributed by atoms with Crippen molar-refractivity contribution in [3.05, 3.63) is 53.6 Å². The monoisotopic (exact) mass is 388 g/mol. The number of benzene rings is 2. The summed E-state index contributed by atoms with van der Waals surface area (Å²) in [6.45, 7) is 1.34. The molecule has 2 rings (SSSR count). The Morgan fingerprint density at radius 1 is 1.27 bits per heavy atom. The molecule has 0 heterocycles. The Bertz CT molecular complexity index is 906. The summed E-state index contributed by atoms with van der Waals surface area (Å²) < 4.78 is 16.7. The van der Waals surface area contributed by atoms with Crippen LogP contribution < -0.4 is 5.32 Å². The topological polar surface area (TPSA) is 96.3 Å². The Labute approximate surface area is 158 Å². The third-order valence-corrected chi connectivity index (χ3v) is 4.94. The summed E-state index contributed by atoms with van der Waals surface area (Å²) in [5.74, 6) is -1.19. The summed E-state index contributed by atoms with van der Waals surface area (Å²) in [5.41, 5.74) is 1.54. The maximum atomic E-state index is 12.1. The van der Waals surface area contributed by atoms with E-state index in [4.69, 9.17) is 10.00 Å². The van der Waals surface area contributed by atoms with Crippen molar-refractivity contribution in [3.63, 3.8) is 0 Å². The van der Waals surface area contributed by atoms with Crippen LogP contribution in [0.4, 0.5) is 5.69 Å². The molecule has 0 saturated carbocycles. The molecular weight excluding hydrogens is 372 g/mol. The highest BCUT2D eigenvalue weighted by molar-refractivity contribution is 8.03. The Kier molecular flexibility index (Phi) is 6.95. The second-order valence-corrected chi connectivity index (χ2v) is 7.45. The van der Waals surface area contributed by atoms with E-state index in [0.717, 1.165) is 22.2 Å². The molecule has 0 spiro atoms. The molecule has 2 aromatic carbocycles. The molecule has 0 bridgehead atoms. The minimum Gasteiger partial charge on any atom is -0.452 e. The van der Waals surface area contributed by atoms with Crippen molar-refractivity contribution < 1.29 is 18.5 Å². The molecular formula is C18H16N2O4S2. The number of ether oxygens (including phenoxy) is 1. The Morgan fingerprint density at radius 2 is 2.00 bits per heavy atom. The number of rotatable bonds is 6. The Morgan fingerprint density at radius 3 is 2.65 bits per heavy atom. The number of anilines is 1. The zero-order valence-electron chi connectivity index (χ0n) is 14.1. The van der Waals surface area contributed by atoms with Crippen molar-refractivity contribution in [1.29, 1.82) is 5.26 Å². The molecule has 1 amide bonds. The van der Waals surface area contributed by atoms with E-state index in [2.05, 4.69) is 5.32 Å². The number of carbonyl (C=O) groups is 2. The van der Waals surface area contributed by atoms with Gasteiger partial charge in [0.05, 0.1) is 21.3 Å². The van der Waals surface area contributed by atoms with Gasteiger partial charge in [-0.3, -0.25) is 9.00 Å². The highest BCUT2D eigenvalue weighted by Crippen LogP contribution is 2.23. The van der Waals surface area contributed by atoms with E-state index in [-0.39, 0.29) is 5.56 Å². The fraction of sp³-hybridized carbons (Fsp3) is 0.167. The maximum Gasteiger partial charge on any atom is 0.339 e. The number of carbonyl (C=O) groups excluding carboxylic acids is 2. The lowest BCUT2D eigenvalue weighted by Gasteiger charge is -2.10. The van der Waals surface area contributed by atoms with Crippen molar-refractivity contribution in [1.82, 2.24) is 0 Å². The van der Waals surface area contributed by atoms with E-state index in [1.165, 1.54) is 12.3 Å². The molecule has 134 valence electrons. The molecule has 2 aromatic rings. The van der Waals surface area contributed by atoms with Crippen LogP contribution in [0.25, 0.3) is 0 Å². The van der Waals surface area contributed by atoms with Gasteiger partial charge in [-0.15, -0.1) is 0 Å². The summed E-state index contributed by atoms with van der Waals surface area (Å²) in [6.07, 6.45) is 1.47. The predicted molar refractivity (Wildman–Crippen MR) is 100 cm³/mol. The van der Waals surface area contributed by atoms with E-state index in [1.807, 2.05) is 5.40 Å². The van der Waals surface area contributed by atoms with Crippen LogP contribution in [0.5, 0.6) is 0 Å². The van der Waals surface area contributed by atoms with Crippen LogP contribution in [0, 0.1) is 17.6 Å². The first-order chi connectivity index (χ1) is 12.4. The number of thiocyanates is 1. The second kappa shape index (κ2) is 9.17. The van der Waals surface area contributed by atoms with Gasteiger partial charge in [0.25, 0.3) is 5.91 Å².